The average molecular weight is 218 g/mol. The number of nitrogens with zero attached hydrogens (tertiary/aromatic N) is 3. The number of anilines is 1. The minimum atomic E-state index is 0.591. The van der Waals surface area contributed by atoms with Gasteiger partial charge >= 0.3 is 0 Å². The molecule has 2 atom stereocenters. The highest BCUT2D eigenvalue weighted by Crippen LogP contribution is 2.28. The van der Waals surface area contributed by atoms with E-state index in [0.717, 1.165) is 24.3 Å². The second-order valence-corrected chi connectivity index (χ2v) is 4.37. The van der Waals surface area contributed by atoms with Crippen molar-refractivity contribution in [2.45, 2.75) is 18.5 Å². The number of hydrogen-bond donors (Lipinski definition) is 2. The molecule has 0 saturated carbocycles. The maximum atomic E-state index is 8.50. The van der Waals surface area contributed by atoms with Crippen molar-refractivity contribution in [3.05, 3.63) is 24.0 Å². The van der Waals surface area contributed by atoms with Crippen LogP contribution < -0.4 is 10.2 Å². The zero-order valence-corrected chi connectivity index (χ0v) is 8.87. The van der Waals surface area contributed by atoms with Gasteiger partial charge in [-0.1, -0.05) is 5.16 Å². The third-order valence-electron chi connectivity index (χ3n) is 3.34. The molecule has 2 saturated heterocycles. The van der Waals surface area contributed by atoms with Crippen molar-refractivity contribution in [2.24, 2.45) is 5.16 Å². The molecular weight excluding hydrogens is 204 g/mol. The maximum absolute atomic E-state index is 8.50. The van der Waals surface area contributed by atoms with Gasteiger partial charge in [0.15, 0.2) is 0 Å². The molecule has 0 aliphatic carbocycles. The molecule has 0 amide bonds. The van der Waals surface area contributed by atoms with Crippen LogP contribution in [0.1, 0.15) is 12.0 Å². The van der Waals surface area contributed by atoms with Crippen LogP contribution in [0.5, 0.6) is 0 Å². The number of aromatic nitrogens is 1. The molecule has 16 heavy (non-hydrogen) atoms. The molecule has 0 unspecified atom stereocenters. The minimum absolute atomic E-state index is 0.591. The van der Waals surface area contributed by atoms with E-state index in [9.17, 15) is 0 Å². The van der Waals surface area contributed by atoms with Crippen molar-refractivity contribution < 1.29 is 5.21 Å². The highest BCUT2D eigenvalue weighted by atomic mass is 16.4. The molecule has 3 heterocycles. The van der Waals surface area contributed by atoms with E-state index >= 15 is 0 Å². The summed E-state index contributed by atoms with van der Waals surface area (Å²) in [6.45, 7) is 2.11. The van der Waals surface area contributed by atoms with Crippen molar-refractivity contribution in [1.82, 2.24) is 10.3 Å². The zero-order valence-electron chi connectivity index (χ0n) is 8.87. The van der Waals surface area contributed by atoms with Gasteiger partial charge in [0, 0.05) is 36.9 Å². The van der Waals surface area contributed by atoms with E-state index in [2.05, 4.69) is 20.4 Å². The normalized spacial score (nSPS) is 28.1. The van der Waals surface area contributed by atoms with E-state index in [-0.39, 0.29) is 0 Å². The van der Waals surface area contributed by atoms with Gasteiger partial charge in [-0.3, -0.25) is 4.98 Å². The Morgan fingerprint density at radius 3 is 3.19 bits per heavy atom. The number of piperazine rings is 1. The first-order valence-electron chi connectivity index (χ1n) is 5.49. The van der Waals surface area contributed by atoms with Gasteiger partial charge in [-0.05, 0) is 12.5 Å². The van der Waals surface area contributed by atoms with E-state index in [1.165, 1.54) is 12.6 Å². The van der Waals surface area contributed by atoms with Crippen molar-refractivity contribution in [3.8, 4) is 0 Å². The molecule has 0 aromatic carbocycles. The molecule has 1 aromatic rings. The second-order valence-electron chi connectivity index (χ2n) is 4.37. The van der Waals surface area contributed by atoms with Gasteiger partial charge in [-0.15, -0.1) is 0 Å². The number of oxime groups is 1. The highest BCUT2D eigenvalue weighted by molar-refractivity contribution is 5.80. The Hall–Kier alpha value is -1.62. The van der Waals surface area contributed by atoms with E-state index < -0.39 is 0 Å². The number of fused-ring (bicyclic) bond motifs is 2. The van der Waals surface area contributed by atoms with Crippen LogP contribution in [-0.2, 0) is 0 Å². The lowest BCUT2D eigenvalue weighted by Gasteiger charge is -2.29. The van der Waals surface area contributed by atoms with Crippen LogP contribution in [0, 0.1) is 0 Å². The van der Waals surface area contributed by atoms with E-state index in [0.29, 0.717) is 12.1 Å². The summed E-state index contributed by atoms with van der Waals surface area (Å²) in [5, 5.41) is 15.0. The number of hydrogen-bond acceptors (Lipinski definition) is 5. The molecule has 2 N–H and O–H groups in total. The van der Waals surface area contributed by atoms with Gasteiger partial charge in [-0.25, -0.2) is 0 Å². The Kier molecular flexibility index (Phi) is 2.25. The van der Waals surface area contributed by atoms with Gasteiger partial charge in [0.1, 0.15) is 0 Å². The quantitative estimate of drug-likeness (QED) is 0.429. The minimum Gasteiger partial charge on any atom is -0.411 e. The Bertz CT molecular complexity index is 420. The predicted molar refractivity (Wildman–Crippen MR) is 61.2 cm³/mol. The zero-order chi connectivity index (χ0) is 11.0. The lowest BCUT2D eigenvalue weighted by atomic mass is 10.2. The summed E-state index contributed by atoms with van der Waals surface area (Å²) in [5.74, 6) is 0. The Balaban J connectivity index is 1.86. The van der Waals surface area contributed by atoms with Crippen LogP contribution in [0.15, 0.2) is 23.6 Å². The van der Waals surface area contributed by atoms with E-state index in [4.69, 9.17) is 5.21 Å². The summed E-state index contributed by atoms with van der Waals surface area (Å²) in [6, 6.07) is 3.22. The number of pyridine rings is 1. The SMILES string of the molecule is ON=Cc1cncc(N2C[C@@H]3C[C@H]2CN3)c1. The Morgan fingerprint density at radius 2 is 2.50 bits per heavy atom. The summed E-state index contributed by atoms with van der Waals surface area (Å²) in [5.41, 5.74) is 1.95. The molecule has 5 heteroatoms. The third-order valence-corrected chi connectivity index (χ3v) is 3.34. The molecule has 0 spiro atoms. The average Bonchev–Trinajstić information content (AvgIpc) is 2.91. The summed E-state index contributed by atoms with van der Waals surface area (Å²) in [7, 11) is 0. The molecule has 5 nitrogen and oxygen atoms in total. The van der Waals surface area contributed by atoms with E-state index in [1.807, 2.05) is 12.3 Å². The lowest BCUT2D eigenvalue weighted by molar-refractivity contribution is 0.322. The monoisotopic (exact) mass is 218 g/mol. The Labute approximate surface area is 93.8 Å². The molecule has 3 rings (SSSR count). The van der Waals surface area contributed by atoms with Crippen molar-refractivity contribution in [1.29, 1.82) is 0 Å². The molecule has 2 aliphatic rings. The summed E-state index contributed by atoms with van der Waals surface area (Å²) < 4.78 is 0. The molecular formula is C11H14N4O. The summed E-state index contributed by atoms with van der Waals surface area (Å²) in [6.07, 6.45) is 6.19. The van der Waals surface area contributed by atoms with Crippen LogP contribution in [0.2, 0.25) is 0 Å². The second kappa shape index (κ2) is 3.75. The lowest BCUT2D eigenvalue weighted by Crippen LogP contribution is -2.43. The van der Waals surface area contributed by atoms with Crippen LogP contribution in [0.3, 0.4) is 0 Å². The van der Waals surface area contributed by atoms with Crippen LogP contribution in [-0.4, -0.2) is 41.6 Å². The maximum Gasteiger partial charge on any atom is 0.0750 e. The smallest absolute Gasteiger partial charge is 0.0750 e. The third kappa shape index (κ3) is 1.53. The fraction of sp³-hybridized carbons (Fsp3) is 0.455. The van der Waals surface area contributed by atoms with Crippen LogP contribution >= 0.6 is 0 Å². The highest BCUT2D eigenvalue weighted by Gasteiger charge is 2.37. The largest absolute Gasteiger partial charge is 0.411 e. The van der Waals surface area contributed by atoms with Gasteiger partial charge in [0.25, 0.3) is 0 Å². The molecule has 0 radical (unpaired) electrons. The first-order valence-corrected chi connectivity index (χ1v) is 5.49. The fourth-order valence-corrected chi connectivity index (χ4v) is 2.62. The predicted octanol–water partition coefficient (Wildman–Crippen LogP) is 0.440. The Morgan fingerprint density at radius 1 is 1.56 bits per heavy atom. The van der Waals surface area contributed by atoms with Crippen LogP contribution in [0.4, 0.5) is 5.69 Å². The molecule has 2 aliphatic heterocycles. The molecule has 2 fully saturated rings. The first-order chi connectivity index (χ1) is 7.86. The molecule has 2 bridgehead atoms. The first kappa shape index (κ1) is 9.59. The summed E-state index contributed by atoms with van der Waals surface area (Å²) in [4.78, 5) is 6.54. The number of rotatable bonds is 2. The van der Waals surface area contributed by atoms with Gasteiger partial charge < -0.3 is 15.4 Å². The van der Waals surface area contributed by atoms with E-state index in [1.54, 1.807) is 6.20 Å². The number of nitrogens with one attached hydrogen (secondary N) is 1. The topological polar surface area (TPSA) is 60.8 Å². The van der Waals surface area contributed by atoms with Crippen molar-refractivity contribution in [3.63, 3.8) is 0 Å². The van der Waals surface area contributed by atoms with Gasteiger partial charge in [0.05, 0.1) is 18.1 Å². The van der Waals surface area contributed by atoms with Gasteiger partial charge in [0.2, 0.25) is 0 Å². The molecule has 84 valence electrons. The summed E-state index contributed by atoms with van der Waals surface area (Å²) >= 11 is 0. The van der Waals surface area contributed by atoms with Crippen molar-refractivity contribution in [2.75, 3.05) is 18.0 Å². The molecule has 1 aromatic heterocycles. The van der Waals surface area contributed by atoms with Gasteiger partial charge in [-0.2, -0.15) is 0 Å². The van der Waals surface area contributed by atoms with Crippen molar-refractivity contribution >= 4 is 11.9 Å². The fourth-order valence-electron chi connectivity index (χ4n) is 2.62. The van der Waals surface area contributed by atoms with Crippen LogP contribution in [0.25, 0.3) is 0 Å². The standard InChI is InChI=1S/C11H14N4O/c16-14-4-8-1-10(5-12-3-8)15-7-9-2-11(15)6-13-9/h1,3-5,9,11,13,16H,2,6-7H2/t9-,11-/m0/s1.